The van der Waals surface area contributed by atoms with E-state index in [4.69, 9.17) is 4.52 Å². The molecule has 1 aliphatic rings. The van der Waals surface area contributed by atoms with Crippen LogP contribution in [0.3, 0.4) is 0 Å². The van der Waals surface area contributed by atoms with E-state index < -0.39 is 32.6 Å². The SMILES string of the molecule is Cc1noc(C)c1[C@H]1CCCN1S(=O)(=O)c1cc(F)ccc1F. The van der Waals surface area contributed by atoms with E-state index >= 15 is 0 Å². The van der Waals surface area contributed by atoms with Crippen LogP contribution in [0, 0.1) is 25.5 Å². The van der Waals surface area contributed by atoms with Gasteiger partial charge in [-0.3, -0.25) is 0 Å². The van der Waals surface area contributed by atoms with Crippen molar-refractivity contribution < 1.29 is 21.7 Å². The van der Waals surface area contributed by atoms with Crippen LogP contribution in [-0.2, 0) is 10.0 Å². The van der Waals surface area contributed by atoms with Gasteiger partial charge in [-0.15, -0.1) is 0 Å². The van der Waals surface area contributed by atoms with E-state index in [1.807, 2.05) is 0 Å². The predicted octanol–water partition coefficient (Wildman–Crippen LogP) is 3.10. The molecule has 0 amide bonds. The van der Waals surface area contributed by atoms with E-state index in [9.17, 15) is 17.2 Å². The van der Waals surface area contributed by atoms with Crippen molar-refractivity contribution in [3.05, 3.63) is 46.9 Å². The maximum Gasteiger partial charge on any atom is 0.246 e. The minimum Gasteiger partial charge on any atom is -0.361 e. The molecule has 23 heavy (non-hydrogen) atoms. The summed E-state index contributed by atoms with van der Waals surface area (Å²) in [6.07, 6.45) is 1.21. The zero-order valence-electron chi connectivity index (χ0n) is 12.7. The monoisotopic (exact) mass is 342 g/mol. The molecular formula is C15H16F2N2O3S. The van der Waals surface area contributed by atoms with Crippen molar-refractivity contribution in [2.45, 2.75) is 37.6 Å². The molecule has 0 radical (unpaired) electrons. The molecule has 0 bridgehead atoms. The van der Waals surface area contributed by atoms with Crippen LogP contribution in [0.5, 0.6) is 0 Å². The van der Waals surface area contributed by atoms with E-state index in [1.54, 1.807) is 13.8 Å². The molecule has 0 saturated carbocycles. The third-order valence-electron chi connectivity index (χ3n) is 4.11. The minimum atomic E-state index is -4.15. The smallest absolute Gasteiger partial charge is 0.246 e. The maximum atomic E-state index is 13.9. The molecule has 0 unspecified atom stereocenters. The van der Waals surface area contributed by atoms with Crippen molar-refractivity contribution in [1.29, 1.82) is 0 Å². The summed E-state index contributed by atoms with van der Waals surface area (Å²) in [5.41, 5.74) is 1.30. The molecule has 124 valence electrons. The van der Waals surface area contributed by atoms with Gasteiger partial charge < -0.3 is 4.52 Å². The summed E-state index contributed by atoms with van der Waals surface area (Å²) in [7, 11) is -4.15. The first-order chi connectivity index (χ1) is 10.8. The number of nitrogens with zero attached hydrogens (tertiary/aromatic N) is 2. The Kier molecular flexibility index (Phi) is 3.97. The van der Waals surface area contributed by atoms with Crippen molar-refractivity contribution >= 4 is 10.0 Å². The van der Waals surface area contributed by atoms with Gasteiger partial charge in [-0.25, -0.2) is 17.2 Å². The lowest BCUT2D eigenvalue weighted by atomic mass is 10.0. The van der Waals surface area contributed by atoms with Crippen LogP contribution in [0.1, 0.15) is 35.9 Å². The van der Waals surface area contributed by atoms with Gasteiger partial charge in [0.05, 0.1) is 11.7 Å². The highest BCUT2D eigenvalue weighted by Crippen LogP contribution is 2.39. The molecule has 2 aromatic rings. The molecule has 0 N–H and O–H groups in total. The number of rotatable bonds is 3. The zero-order chi connectivity index (χ0) is 16.8. The van der Waals surface area contributed by atoms with Gasteiger partial charge >= 0.3 is 0 Å². The minimum absolute atomic E-state index is 0.243. The highest BCUT2D eigenvalue weighted by Gasteiger charge is 2.40. The number of hydrogen-bond acceptors (Lipinski definition) is 4. The van der Waals surface area contributed by atoms with Crippen LogP contribution in [-0.4, -0.2) is 24.4 Å². The molecule has 2 heterocycles. The molecule has 1 fully saturated rings. The summed E-state index contributed by atoms with van der Waals surface area (Å²) in [5, 5.41) is 3.85. The molecule has 3 rings (SSSR count). The summed E-state index contributed by atoms with van der Waals surface area (Å²) >= 11 is 0. The van der Waals surface area contributed by atoms with Crippen molar-refractivity contribution in [3.63, 3.8) is 0 Å². The van der Waals surface area contributed by atoms with Gasteiger partial charge in [0.15, 0.2) is 0 Å². The van der Waals surface area contributed by atoms with E-state index in [0.717, 1.165) is 12.1 Å². The Morgan fingerprint density at radius 1 is 1.30 bits per heavy atom. The molecule has 0 spiro atoms. The van der Waals surface area contributed by atoms with Crippen molar-refractivity contribution in [3.8, 4) is 0 Å². The quantitative estimate of drug-likeness (QED) is 0.860. The molecule has 1 aromatic heterocycles. The summed E-state index contributed by atoms with van der Waals surface area (Å²) < 4.78 is 59.3. The zero-order valence-corrected chi connectivity index (χ0v) is 13.5. The Labute approximate surface area is 132 Å². The fourth-order valence-electron chi connectivity index (χ4n) is 3.08. The van der Waals surface area contributed by atoms with Crippen LogP contribution < -0.4 is 0 Å². The lowest BCUT2D eigenvalue weighted by Crippen LogP contribution is -2.31. The molecule has 1 atom stereocenters. The van der Waals surface area contributed by atoms with E-state index in [0.29, 0.717) is 35.9 Å². The van der Waals surface area contributed by atoms with Crippen molar-refractivity contribution in [1.82, 2.24) is 9.46 Å². The first-order valence-electron chi connectivity index (χ1n) is 7.22. The fourth-order valence-corrected chi connectivity index (χ4v) is 4.83. The fraction of sp³-hybridized carbons (Fsp3) is 0.400. The first kappa shape index (κ1) is 16.1. The first-order valence-corrected chi connectivity index (χ1v) is 8.66. The van der Waals surface area contributed by atoms with Crippen LogP contribution in [0.4, 0.5) is 8.78 Å². The van der Waals surface area contributed by atoms with Crippen LogP contribution in [0.25, 0.3) is 0 Å². The highest BCUT2D eigenvalue weighted by molar-refractivity contribution is 7.89. The summed E-state index contributed by atoms with van der Waals surface area (Å²) in [6, 6.07) is 1.95. The van der Waals surface area contributed by atoms with Gasteiger partial charge in [0.2, 0.25) is 10.0 Å². The lowest BCUT2D eigenvalue weighted by Gasteiger charge is -2.24. The lowest BCUT2D eigenvalue weighted by molar-refractivity contribution is 0.374. The Bertz CT molecular complexity index is 829. The Balaban J connectivity index is 2.07. The summed E-state index contributed by atoms with van der Waals surface area (Å²) in [4.78, 5) is -0.642. The second kappa shape index (κ2) is 5.68. The predicted molar refractivity (Wildman–Crippen MR) is 78.2 cm³/mol. The Hall–Kier alpha value is -1.80. The second-order valence-corrected chi connectivity index (χ2v) is 7.45. The largest absolute Gasteiger partial charge is 0.361 e. The van der Waals surface area contributed by atoms with Gasteiger partial charge in [-0.05, 0) is 44.9 Å². The van der Waals surface area contributed by atoms with Crippen molar-refractivity contribution in [2.75, 3.05) is 6.54 Å². The molecule has 1 saturated heterocycles. The molecule has 8 heteroatoms. The van der Waals surface area contributed by atoms with Gasteiger partial charge in [-0.1, -0.05) is 5.16 Å². The average Bonchev–Trinajstić information content (AvgIpc) is 3.08. The molecule has 1 aliphatic heterocycles. The second-order valence-electron chi connectivity index (χ2n) is 5.59. The number of aryl methyl sites for hydroxylation is 2. The number of benzene rings is 1. The highest BCUT2D eigenvalue weighted by atomic mass is 32.2. The Morgan fingerprint density at radius 2 is 2.04 bits per heavy atom. The van der Waals surface area contributed by atoms with E-state index in [2.05, 4.69) is 5.16 Å². The topological polar surface area (TPSA) is 63.4 Å². The van der Waals surface area contributed by atoms with Crippen LogP contribution in [0.2, 0.25) is 0 Å². The molecule has 5 nitrogen and oxygen atoms in total. The maximum absolute atomic E-state index is 13.9. The van der Waals surface area contributed by atoms with Crippen LogP contribution in [0.15, 0.2) is 27.6 Å². The molecule has 1 aromatic carbocycles. The summed E-state index contributed by atoms with van der Waals surface area (Å²) in [5.74, 6) is -1.22. The van der Waals surface area contributed by atoms with E-state index in [1.165, 1.54) is 4.31 Å². The van der Waals surface area contributed by atoms with Crippen molar-refractivity contribution in [2.24, 2.45) is 0 Å². The standard InChI is InChI=1S/C15H16F2N2O3S/c1-9-15(10(2)22-18-9)13-4-3-7-19(13)23(20,21)14-8-11(16)5-6-12(14)17/h5-6,8,13H,3-4,7H2,1-2H3/t13-/m1/s1. The number of sulfonamides is 1. The van der Waals surface area contributed by atoms with E-state index in [-0.39, 0.29) is 6.54 Å². The van der Waals surface area contributed by atoms with Crippen LogP contribution >= 0.6 is 0 Å². The average molecular weight is 342 g/mol. The van der Waals surface area contributed by atoms with Gasteiger partial charge in [0.25, 0.3) is 0 Å². The Morgan fingerprint density at radius 3 is 2.70 bits per heavy atom. The number of hydrogen-bond donors (Lipinski definition) is 0. The molecule has 0 aliphatic carbocycles. The molecular weight excluding hydrogens is 326 g/mol. The number of halogens is 2. The third kappa shape index (κ3) is 2.66. The normalized spacial score (nSPS) is 19.4. The van der Waals surface area contributed by atoms with Gasteiger partial charge in [0.1, 0.15) is 22.3 Å². The summed E-state index contributed by atoms with van der Waals surface area (Å²) in [6.45, 7) is 3.69. The van der Waals surface area contributed by atoms with Gasteiger partial charge in [-0.2, -0.15) is 4.31 Å². The number of aromatic nitrogens is 1. The van der Waals surface area contributed by atoms with Gasteiger partial charge in [0, 0.05) is 12.1 Å². The third-order valence-corrected chi connectivity index (χ3v) is 6.03.